The maximum atomic E-state index is 12.2. The Hall–Kier alpha value is -1.91. The van der Waals surface area contributed by atoms with Gasteiger partial charge >= 0.3 is 0 Å². The molecule has 0 radical (unpaired) electrons. The summed E-state index contributed by atoms with van der Waals surface area (Å²) in [6.07, 6.45) is 0.444. The molecule has 22 heavy (non-hydrogen) atoms. The van der Waals surface area contributed by atoms with Crippen LogP contribution in [-0.2, 0) is 16.0 Å². The molecule has 4 nitrogen and oxygen atoms in total. The van der Waals surface area contributed by atoms with Gasteiger partial charge in [0.15, 0.2) is 0 Å². The van der Waals surface area contributed by atoms with Crippen molar-refractivity contribution in [3.8, 4) is 0 Å². The summed E-state index contributed by atoms with van der Waals surface area (Å²) in [6, 6.07) is 14.3. The van der Waals surface area contributed by atoms with Gasteiger partial charge in [0.1, 0.15) is 13.1 Å². The molecule has 1 amide bonds. The summed E-state index contributed by atoms with van der Waals surface area (Å²) in [6.45, 7) is 5.46. The number of amides is 1. The normalized spacial score (nSPS) is 15.8. The first kappa shape index (κ1) is 15.0. The maximum Gasteiger partial charge on any atom is 0.224 e. The number of morpholine rings is 1. The fraction of sp³-hybridized carbons (Fsp3) is 0.389. The van der Waals surface area contributed by atoms with Gasteiger partial charge in [0.05, 0.1) is 32.7 Å². The number of rotatable bonds is 5. The van der Waals surface area contributed by atoms with Crippen LogP contribution in [0.3, 0.4) is 0 Å². The van der Waals surface area contributed by atoms with Gasteiger partial charge < -0.3 is 15.0 Å². The van der Waals surface area contributed by atoms with Gasteiger partial charge in [-0.05, 0) is 16.3 Å². The molecule has 0 saturated carbocycles. The van der Waals surface area contributed by atoms with E-state index >= 15 is 0 Å². The van der Waals surface area contributed by atoms with Crippen LogP contribution in [0.25, 0.3) is 10.8 Å². The summed E-state index contributed by atoms with van der Waals surface area (Å²) in [7, 11) is 0. The minimum absolute atomic E-state index is 0.101. The first-order valence-corrected chi connectivity index (χ1v) is 7.97. The lowest BCUT2D eigenvalue weighted by molar-refractivity contribution is -0.906. The van der Waals surface area contributed by atoms with Crippen LogP contribution in [0.15, 0.2) is 42.5 Å². The number of hydrogen-bond acceptors (Lipinski definition) is 2. The van der Waals surface area contributed by atoms with E-state index in [0.717, 1.165) is 45.0 Å². The van der Waals surface area contributed by atoms with E-state index in [1.807, 2.05) is 24.3 Å². The van der Waals surface area contributed by atoms with Crippen molar-refractivity contribution in [1.29, 1.82) is 0 Å². The van der Waals surface area contributed by atoms with Gasteiger partial charge in [0.25, 0.3) is 0 Å². The van der Waals surface area contributed by atoms with Crippen molar-refractivity contribution >= 4 is 16.7 Å². The van der Waals surface area contributed by atoms with Crippen LogP contribution in [0.1, 0.15) is 5.56 Å². The Labute approximate surface area is 131 Å². The Bertz CT molecular complexity index is 631. The fourth-order valence-electron chi connectivity index (χ4n) is 2.97. The monoisotopic (exact) mass is 299 g/mol. The third kappa shape index (κ3) is 3.84. The Morgan fingerprint density at radius 1 is 1.09 bits per heavy atom. The third-order valence-electron chi connectivity index (χ3n) is 4.23. The van der Waals surface area contributed by atoms with E-state index in [1.165, 1.54) is 15.7 Å². The fourth-order valence-corrected chi connectivity index (χ4v) is 2.97. The number of hydrogen-bond donors (Lipinski definition) is 2. The number of nitrogens with one attached hydrogen (secondary N) is 2. The highest BCUT2D eigenvalue weighted by Gasteiger charge is 2.13. The summed E-state index contributed by atoms with van der Waals surface area (Å²) in [5.74, 6) is 0.101. The first-order valence-electron chi connectivity index (χ1n) is 7.97. The number of ether oxygens (including phenoxy) is 1. The molecular weight excluding hydrogens is 276 g/mol. The summed E-state index contributed by atoms with van der Waals surface area (Å²) in [5.41, 5.74) is 1.09. The van der Waals surface area contributed by atoms with E-state index in [9.17, 15) is 4.79 Å². The number of benzene rings is 2. The molecule has 1 fully saturated rings. The molecular formula is C18H23N2O2+. The first-order chi connectivity index (χ1) is 10.8. The second kappa shape index (κ2) is 7.38. The lowest BCUT2D eigenvalue weighted by Gasteiger charge is -2.23. The Morgan fingerprint density at radius 2 is 1.86 bits per heavy atom. The highest BCUT2D eigenvalue weighted by Crippen LogP contribution is 2.18. The third-order valence-corrected chi connectivity index (χ3v) is 4.23. The SMILES string of the molecule is O=C(Cc1cccc2ccccc12)NCC[NH+]1CCOCC1. The Morgan fingerprint density at radius 3 is 2.73 bits per heavy atom. The van der Waals surface area contributed by atoms with E-state index in [4.69, 9.17) is 4.74 Å². The lowest BCUT2D eigenvalue weighted by Crippen LogP contribution is -3.14. The maximum absolute atomic E-state index is 12.2. The van der Waals surface area contributed by atoms with Crippen LogP contribution in [0.5, 0.6) is 0 Å². The average molecular weight is 299 g/mol. The Balaban J connectivity index is 1.52. The van der Waals surface area contributed by atoms with Crippen molar-refractivity contribution in [3.63, 3.8) is 0 Å². The predicted molar refractivity (Wildman–Crippen MR) is 87.0 cm³/mol. The molecule has 4 heteroatoms. The highest BCUT2D eigenvalue weighted by molar-refractivity contribution is 5.90. The van der Waals surface area contributed by atoms with Gasteiger partial charge in [0.2, 0.25) is 5.91 Å². The zero-order chi connectivity index (χ0) is 15.2. The molecule has 0 spiro atoms. The lowest BCUT2D eigenvalue weighted by atomic mass is 10.0. The molecule has 0 bridgehead atoms. The van der Waals surface area contributed by atoms with Crippen molar-refractivity contribution < 1.29 is 14.4 Å². The van der Waals surface area contributed by atoms with Crippen LogP contribution >= 0.6 is 0 Å². The van der Waals surface area contributed by atoms with Crippen LogP contribution in [-0.4, -0.2) is 45.3 Å². The number of carbonyl (C=O) groups is 1. The molecule has 2 N–H and O–H groups in total. The highest BCUT2D eigenvalue weighted by atomic mass is 16.5. The average Bonchev–Trinajstić information content (AvgIpc) is 2.56. The van der Waals surface area contributed by atoms with Gasteiger partial charge in [-0.2, -0.15) is 0 Å². The summed E-state index contributed by atoms with van der Waals surface area (Å²) in [5, 5.41) is 5.39. The van der Waals surface area contributed by atoms with Gasteiger partial charge in [-0.1, -0.05) is 42.5 Å². The molecule has 1 aliphatic rings. The molecule has 1 aliphatic heterocycles. The largest absolute Gasteiger partial charge is 0.370 e. The van der Waals surface area contributed by atoms with E-state index in [1.54, 1.807) is 0 Å². The van der Waals surface area contributed by atoms with Crippen molar-refractivity contribution in [3.05, 3.63) is 48.0 Å². The molecule has 0 atom stereocenters. The zero-order valence-electron chi connectivity index (χ0n) is 12.8. The quantitative estimate of drug-likeness (QED) is 0.840. The van der Waals surface area contributed by atoms with Crippen molar-refractivity contribution in [1.82, 2.24) is 5.32 Å². The van der Waals surface area contributed by atoms with Crippen molar-refractivity contribution in [2.24, 2.45) is 0 Å². The molecule has 2 aromatic carbocycles. The standard InChI is InChI=1S/C18H22N2O2/c21-18(19-8-9-20-10-12-22-13-11-20)14-16-6-3-5-15-4-1-2-7-17(15)16/h1-7H,8-14H2,(H,19,21)/p+1. The second-order valence-electron chi connectivity index (χ2n) is 5.78. The second-order valence-corrected chi connectivity index (χ2v) is 5.78. The van der Waals surface area contributed by atoms with Gasteiger partial charge in [-0.3, -0.25) is 4.79 Å². The van der Waals surface area contributed by atoms with Gasteiger partial charge in [-0.25, -0.2) is 0 Å². The molecule has 2 aromatic rings. The van der Waals surface area contributed by atoms with Crippen LogP contribution in [0.2, 0.25) is 0 Å². The Kier molecular flexibility index (Phi) is 5.03. The summed E-state index contributed by atoms with van der Waals surface area (Å²) >= 11 is 0. The van der Waals surface area contributed by atoms with Crippen molar-refractivity contribution in [2.45, 2.75) is 6.42 Å². The van der Waals surface area contributed by atoms with E-state index in [-0.39, 0.29) is 5.91 Å². The molecule has 1 heterocycles. The predicted octanol–water partition coefficient (Wildman–Crippen LogP) is 0.414. The molecule has 1 saturated heterocycles. The van der Waals surface area contributed by atoms with Crippen LogP contribution in [0.4, 0.5) is 0 Å². The molecule has 3 rings (SSSR count). The molecule has 0 unspecified atom stereocenters. The summed E-state index contributed by atoms with van der Waals surface area (Å²) in [4.78, 5) is 13.7. The van der Waals surface area contributed by atoms with Crippen LogP contribution < -0.4 is 10.2 Å². The van der Waals surface area contributed by atoms with E-state index < -0.39 is 0 Å². The molecule has 116 valence electrons. The molecule has 0 aliphatic carbocycles. The van der Waals surface area contributed by atoms with E-state index in [0.29, 0.717) is 6.42 Å². The minimum Gasteiger partial charge on any atom is -0.370 e. The summed E-state index contributed by atoms with van der Waals surface area (Å²) < 4.78 is 5.34. The van der Waals surface area contributed by atoms with Crippen LogP contribution in [0, 0.1) is 0 Å². The van der Waals surface area contributed by atoms with Gasteiger partial charge in [-0.15, -0.1) is 0 Å². The van der Waals surface area contributed by atoms with Crippen molar-refractivity contribution in [2.75, 3.05) is 39.4 Å². The van der Waals surface area contributed by atoms with E-state index in [2.05, 4.69) is 23.5 Å². The molecule has 0 aromatic heterocycles. The smallest absolute Gasteiger partial charge is 0.224 e. The number of quaternary nitrogens is 1. The number of carbonyl (C=O) groups excluding carboxylic acids is 1. The zero-order valence-corrected chi connectivity index (χ0v) is 12.8. The van der Waals surface area contributed by atoms with Gasteiger partial charge in [0, 0.05) is 0 Å². The minimum atomic E-state index is 0.101. The topological polar surface area (TPSA) is 42.8 Å². The number of fused-ring (bicyclic) bond motifs is 1.